The van der Waals surface area contributed by atoms with Gasteiger partial charge in [0, 0.05) is 13.2 Å². The van der Waals surface area contributed by atoms with E-state index in [2.05, 4.69) is 26.5 Å². The summed E-state index contributed by atoms with van der Waals surface area (Å²) >= 11 is 4.21. The zero-order chi connectivity index (χ0) is 8.53. The minimum absolute atomic E-state index is 0.826. The highest BCUT2D eigenvalue weighted by Gasteiger charge is 2.10. The number of hydrogen-bond donors (Lipinski definition) is 1. The van der Waals surface area contributed by atoms with Crippen molar-refractivity contribution in [1.29, 1.82) is 0 Å². The molecule has 1 aliphatic rings. The van der Waals surface area contributed by atoms with Gasteiger partial charge in [0.25, 0.3) is 0 Å². The molecule has 0 aliphatic carbocycles. The summed E-state index contributed by atoms with van der Waals surface area (Å²) in [5.74, 6) is 1.86. The van der Waals surface area contributed by atoms with Crippen LogP contribution in [0.5, 0.6) is 0 Å². The maximum Gasteiger partial charge on any atom is 0.0468 e. The second kappa shape index (κ2) is 8.41. The van der Waals surface area contributed by atoms with Crippen LogP contribution in [0.2, 0.25) is 0 Å². The summed E-state index contributed by atoms with van der Waals surface area (Å²) < 4.78 is 5.17. The zero-order valence-corrected chi connectivity index (χ0v) is 8.57. The van der Waals surface area contributed by atoms with Crippen LogP contribution in [0.15, 0.2) is 0 Å². The number of ether oxygens (including phenoxy) is 1. The van der Waals surface area contributed by atoms with Crippen LogP contribution in [0.4, 0.5) is 0 Å². The van der Waals surface area contributed by atoms with Gasteiger partial charge in [0.15, 0.2) is 0 Å². The molecule has 1 rings (SSSR count). The van der Waals surface area contributed by atoms with Crippen LogP contribution < -0.4 is 0 Å². The van der Waals surface area contributed by atoms with Gasteiger partial charge in [0.05, 0.1) is 0 Å². The molecule has 0 bridgehead atoms. The highest BCUT2D eigenvalue weighted by Crippen LogP contribution is 2.14. The molecule has 1 fully saturated rings. The second-order valence-electron chi connectivity index (χ2n) is 2.95. The van der Waals surface area contributed by atoms with Crippen molar-refractivity contribution in [2.45, 2.75) is 33.1 Å². The van der Waals surface area contributed by atoms with Crippen molar-refractivity contribution < 1.29 is 4.74 Å². The maximum atomic E-state index is 5.17. The lowest BCUT2D eigenvalue weighted by molar-refractivity contribution is 0.0729. The van der Waals surface area contributed by atoms with Crippen molar-refractivity contribution in [1.82, 2.24) is 0 Å². The maximum absolute atomic E-state index is 5.17. The smallest absolute Gasteiger partial charge is 0.0468 e. The Labute approximate surface area is 75.9 Å². The Kier molecular flexibility index (Phi) is 8.64. The molecule has 0 amide bonds. The van der Waals surface area contributed by atoms with Crippen LogP contribution in [0, 0.1) is 5.92 Å². The van der Waals surface area contributed by atoms with Crippen molar-refractivity contribution in [3.05, 3.63) is 0 Å². The second-order valence-corrected chi connectivity index (χ2v) is 3.31. The third-order valence-corrected chi connectivity index (χ3v) is 2.12. The summed E-state index contributed by atoms with van der Waals surface area (Å²) in [6.07, 6.45) is 3.67. The summed E-state index contributed by atoms with van der Waals surface area (Å²) in [5, 5.41) is 0. The van der Waals surface area contributed by atoms with Gasteiger partial charge >= 0.3 is 0 Å². The first-order valence-electron chi connectivity index (χ1n) is 4.53. The van der Waals surface area contributed by atoms with Crippen molar-refractivity contribution in [3.63, 3.8) is 0 Å². The molecule has 0 unspecified atom stereocenters. The van der Waals surface area contributed by atoms with Gasteiger partial charge in [-0.1, -0.05) is 20.3 Å². The third kappa shape index (κ3) is 6.70. The fourth-order valence-electron chi connectivity index (χ4n) is 0.929. The lowest BCUT2D eigenvalue weighted by atomic mass is 10.0. The van der Waals surface area contributed by atoms with Gasteiger partial charge in [-0.2, -0.15) is 12.6 Å². The third-order valence-electron chi connectivity index (χ3n) is 1.60. The largest absolute Gasteiger partial charge is 0.381 e. The molecular formula is C9H20OS. The van der Waals surface area contributed by atoms with Gasteiger partial charge in [-0.25, -0.2) is 0 Å². The predicted molar refractivity (Wildman–Crippen MR) is 53.4 cm³/mol. The Balaban J connectivity index is 0.000000292. The first-order chi connectivity index (χ1) is 5.35. The molecule has 1 saturated heterocycles. The van der Waals surface area contributed by atoms with E-state index in [9.17, 15) is 0 Å². The topological polar surface area (TPSA) is 9.23 Å². The first kappa shape index (κ1) is 11.3. The summed E-state index contributed by atoms with van der Waals surface area (Å²) in [6.45, 7) is 6.15. The van der Waals surface area contributed by atoms with E-state index in [0.717, 1.165) is 24.9 Å². The molecule has 0 spiro atoms. The Morgan fingerprint density at radius 3 is 2.00 bits per heavy atom. The van der Waals surface area contributed by atoms with Crippen LogP contribution in [-0.4, -0.2) is 19.0 Å². The standard InChI is InChI=1S/C6H12OS.C3H8/c8-5-6-1-3-7-4-2-6;1-3-2/h6,8H,1-5H2;3H2,1-2H3. The molecule has 0 atom stereocenters. The van der Waals surface area contributed by atoms with E-state index in [1.165, 1.54) is 19.3 Å². The van der Waals surface area contributed by atoms with E-state index >= 15 is 0 Å². The fraction of sp³-hybridized carbons (Fsp3) is 1.00. The molecule has 2 heteroatoms. The molecule has 1 heterocycles. The van der Waals surface area contributed by atoms with E-state index in [0.29, 0.717) is 0 Å². The average molecular weight is 176 g/mol. The van der Waals surface area contributed by atoms with Crippen LogP contribution in [0.3, 0.4) is 0 Å². The van der Waals surface area contributed by atoms with Gasteiger partial charge in [0.2, 0.25) is 0 Å². The first-order valence-corrected chi connectivity index (χ1v) is 5.16. The zero-order valence-electron chi connectivity index (χ0n) is 7.68. The minimum atomic E-state index is 0.826. The summed E-state index contributed by atoms with van der Waals surface area (Å²) in [5.41, 5.74) is 0. The van der Waals surface area contributed by atoms with Gasteiger partial charge in [-0.15, -0.1) is 0 Å². The highest BCUT2D eigenvalue weighted by molar-refractivity contribution is 7.80. The molecule has 11 heavy (non-hydrogen) atoms. The summed E-state index contributed by atoms with van der Waals surface area (Å²) in [6, 6.07) is 0. The predicted octanol–water partition coefficient (Wildman–Crippen LogP) is 2.76. The van der Waals surface area contributed by atoms with E-state index in [1.54, 1.807) is 0 Å². The summed E-state index contributed by atoms with van der Waals surface area (Å²) in [7, 11) is 0. The van der Waals surface area contributed by atoms with Crippen LogP contribution in [-0.2, 0) is 4.74 Å². The number of thiol groups is 1. The number of rotatable bonds is 1. The van der Waals surface area contributed by atoms with Crippen LogP contribution in [0.25, 0.3) is 0 Å². The monoisotopic (exact) mass is 176 g/mol. The van der Waals surface area contributed by atoms with E-state index in [4.69, 9.17) is 4.74 Å². The normalized spacial score (nSPS) is 18.8. The summed E-state index contributed by atoms with van der Waals surface area (Å²) in [4.78, 5) is 0. The minimum Gasteiger partial charge on any atom is -0.381 e. The molecule has 0 aromatic carbocycles. The van der Waals surface area contributed by atoms with Gasteiger partial charge in [0.1, 0.15) is 0 Å². The van der Waals surface area contributed by atoms with E-state index in [-0.39, 0.29) is 0 Å². The Morgan fingerprint density at radius 1 is 1.27 bits per heavy atom. The Morgan fingerprint density at radius 2 is 1.73 bits per heavy atom. The van der Waals surface area contributed by atoms with E-state index < -0.39 is 0 Å². The van der Waals surface area contributed by atoms with Crippen molar-refractivity contribution in [3.8, 4) is 0 Å². The average Bonchev–Trinajstić information content (AvgIpc) is 2.08. The fourth-order valence-corrected chi connectivity index (χ4v) is 1.29. The van der Waals surface area contributed by atoms with Crippen LogP contribution in [0.1, 0.15) is 33.1 Å². The molecule has 1 aliphatic heterocycles. The van der Waals surface area contributed by atoms with Gasteiger partial charge < -0.3 is 4.74 Å². The molecule has 68 valence electrons. The SMILES string of the molecule is CCC.SCC1CCOCC1. The van der Waals surface area contributed by atoms with Crippen molar-refractivity contribution >= 4 is 12.6 Å². The number of hydrogen-bond acceptors (Lipinski definition) is 2. The molecule has 0 aromatic heterocycles. The molecule has 0 N–H and O–H groups in total. The Hall–Kier alpha value is 0.310. The quantitative estimate of drug-likeness (QED) is 0.604. The molecule has 0 saturated carbocycles. The highest BCUT2D eigenvalue weighted by atomic mass is 32.1. The molecule has 1 nitrogen and oxygen atoms in total. The van der Waals surface area contributed by atoms with Gasteiger partial charge in [-0.05, 0) is 24.5 Å². The molecular weight excluding hydrogens is 156 g/mol. The van der Waals surface area contributed by atoms with E-state index in [1.807, 2.05) is 0 Å². The lowest BCUT2D eigenvalue weighted by Crippen LogP contribution is -2.16. The lowest BCUT2D eigenvalue weighted by Gasteiger charge is -2.19. The Bertz CT molecular complexity index is 70.0. The van der Waals surface area contributed by atoms with Crippen LogP contribution >= 0.6 is 12.6 Å². The van der Waals surface area contributed by atoms with Crippen molar-refractivity contribution in [2.24, 2.45) is 5.92 Å². The molecule has 0 aromatic rings. The van der Waals surface area contributed by atoms with Crippen molar-refractivity contribution in [2.75, 3.05) is 19.0 Å². The van der Waals surface area contributed by atoms with Gasteiger partial charge in [-0.3, -0.25) is 0 Å². The molecule has 0 radical (unpaired) electrons.